The summed E-state index contributed by atoms with van der Waals surface area (Å²) in [7, 11) is 0. The fourth-order valence-electron chi connectivity index (χ4n) is 2.98. The lowest BCUT2D eigenvalue weighted by atomic mass is 9.39. The highest BCUT2D eigenvalue weighted by atomic mass is 16.3. The summed E-state index contributed by atoms with van der Waals surface area (Å²) < 4.78 is 0. The monoisotopic (exact) mass is 188 g/mol. The summed E-state index contributed by atoms with van der Waals surface area (Å²) in [5.41, 5.74) is 1.79. The molecule has 3 aliphatic rings. The second-order valence-electron chi connectivity index (χ2n) is 4.78. The molecule has 3 saturated carbocycles. The van der Waals surface area contributed by atoms with Gasteiger partial charge in [0.2, 0.25) is 0 Å². The molecule has 0 spiro atoms. The number of aliphatic hydroxyl groups is 1. The fourth-order valence-corrected chi connectivity index (χ4v) is 2.98. The molecule has 0 atom stereocenters. The van der Waals surface area contributed by atoms with Crippen LogP contribution >= 0.6 is 0 Å². The molecule has 72 valence electrons. The van der Waals surface area contributed by atoms with E-state index >= 15 is 0 Å². The molecule has 2 heteroatoms. The fraction of sp³-hybridized carbons (Fsp3) is 0.417. The van der Waals surface area contributed by atoms with Crippen molar-refractivity contribution in [3.63, 3.8) is 0 Å². The molecule has 0 saturated heterocycles. The van der Waals surface area contributed by atoms with E-state index in [0.717, 1.165) is 31.1 Å². The Morgan fingerprint density at radius 3 is 2.57 bits per heavy atom. The number of hydrogen-bond donors (Lipinski definition) is 1. The summed E-state index contributed by atoms with van der Waals surface area (Å²) in [6, 6.07) is 7.75. The molecular weight excluding hydrogens is 176 g/mol. The Hall–Kier alpha value is -1.15. The van der Waals surface area contributed by atoms with E-state index in [4.69, 9.17) is 0 Å². The molecule has 1 aromatic rings. The van der Waals surface area contributed by atoms with Gasteiger partial charge in [0, 0.05) is 11.0 Å². The predicted molar refractivity (Wildman–Crippen MR) is 52.3 cm³/mol. The lowest BCUT2D eigenvalue weighted by molar-refractivity contribution is -0.213. The van der Waals surface area contributed by atoms with Crippen molar-refractivity contribution in [2.45, 2.75) is 30.3 Å². The zero-order chi connectivity index (χ0) is 9.81. The Bertz CT molecular complexity index is 389. The van der Waals surface area contributed by atoms with Gasteiger partial charge in [-0.25, -0.2) is 0 Å². The van der Waals surface area contributed by atoms with Gasteiger partial charge in [-0.05, 0) is 30.9 Å². The minimum absolute atomic E-state index is 0.202. The topological polar surface area (TPSA) is 37.3 Å². The van der Waals surface area contributed by atoms with Crippen molar-refractivity contribution < 1.29 is 9.90 Å². The van der Waals surface area contributed by atoms with Crippen LogP contribution in [0.5, 0.6) is 0 Å². The minimum atomic E-state index is -0.364. The summed E-state index contributed by atoms with van der Waals surface area (Å²) in [5, 5.41) is 9.66. The van der Waals surface area contributed by atoms with E-state index in [-0.39, 0.29) is 11.0 Å². The summed E-state index contributed by atoms with van der Waals surface area (Å²) in [6.45, 7) is 0. The highest BCUT2D eigenvalue weighted by Gasteiger charge is 2.67. The van der Waals surface area contributed by atoms with Crippen LogP contribution in [0.2, 0.25) is 0 Å². The molecule has 0 unspecified atom stereocenters. The van der Waals surface area contributed by atoms with Crippen LogP contribution in [0.4, 0.5) is 0 Å². The second kappa shape index (κ2) is 2.26. The van der Waals surface area contributed by atoms with Crippen molar-refractivity contribution in [2.75, 3.05) is 0 Å². The van der Waals surface area contributed by atoms with Crippen LogP contribution in [0.15, 0.2) is 24.3 Å². The molecule has 1 aromatic carbocycles. The molecule has 3 fully saturated rings. The molecule has 3 aliphatic carbocycles. The van der Waals surface area contributed by atoms with Gasteiger partial charge in [0.25, 0.3) is 0 Å². The molecule has 0 radical (unpaired) electrons. The van der Waals surface area contributed by atoms with Crippen LogP contribution in [0.1, 0.15) is 35.2 Å². The van der Waals surface area contributed by atoms with Gasteiger partial charge in [-0.3, -0.25) is 4.79 Å². The third-order valence-corrected chi connectivity index (χ3v) is 3.64. The molecule has 1 N–H and O–H groups in total. The van der Waals surface area contributed by atoms with E-state index in [0.29, 0.717) is 0 Å². The van der Waals surface area contributed by atoms with Crippen molar-refractivity contribution in [3.8, 4) is 0 Å². The van der Waals surface area contributed by atoms with Crippen molar-refractivity contribution in [2.24, 2.45) is 0 Å². The lowest BCUT2D eigenvalue weighted by Crippen LogP contribution is -2.69. The number of aldehydes is 1. The molecule has 0 heterocycles. The van der Waals surface area contributed by atoms with E-state index in [1.807, 2.05) is 18.2 Å². The highest BCUT2D eigenvalue weighted by molar-refractivity contribution is 5.75. The van der Waals surface area contributed by atoms with Gasteiger partial charge in [-0.1, -0.05) is 18.2 Å². The lowest BCUT2D eigenvalue weighted by Gasteiger charge is -2.68. The zero-order valence-electron chi connectivity index (χ0n) is 7.86. The van der Waals surface area contributed by atoms with Gasteiger partial charge in [-0.2, -0.15) is 0 Å². The smallest absolute Gasteiger partial charge is 0.150 e. The Morgan fingerprint density at radius 2 is 2.00 bits per heavy atom. The number of benzene rings is 1. The van der Waals surface area contributed by atoms with Crippen LogP contribution in [-0.4, -0.2) is 17.0 Å². The maximum Gasteiger partial charge on any atom is 0.150 e. The molecular formula is C12H12O2. The van der Waals surface area contributed by atoms with Gasteiger partial charge in [-0.15, -0.1) is 0 Å². The average molecular weight is 188 g/mol. The van der Waals surface area contributed by atoms with Gasteiger partial charge >= 0.3 is 0 Å². The van der Waals surface area contributed by atoms with E-state index in [9.17, 15) is 9.90 Å². The first kappa shape index (κ1) is 8.18. The van der Waals surface area contributed by atoms with Crippen LogP contribution < -0.4 is 0 Å². The third kappa shape index (κ3) is 0.867. The molecule has 14 heavy (non-hydrogen) atoms. The predicted octanol–water partition coefficient (Wildman–Crippen LogP) is 1.67. The molecule has 2 nitrogen and oxygen atoms in total. The summed E-state index contributed by atoms with van der Waals surface area (Å²) in [6.07, 6.45) is 3.51. The van der Waals surface area contributed by atoms with Gasteiger partial charge in [0.15, 0.2) is 0 Å². The maximum absolute atomic E-state index is 10.6. The summed E-state index contributed by atoms with van der Waals surface area (Å²) in [5.74, 6) is 0. The van der Waals surface area contributed by atoms with Crippen LogP contribution in [0.25, 0.3) is 0 Å². The number of carbonyl (C=O) groups is 1. The maximum atomic E-state index is 10.6. The van der Waals surface area contributed by atoms with Crippen molar-refractivity contribution in [1.82, 2.24) is 0 Å². The van der Waals surface area contributed by atoms with Crippen LogP contribution in [0.3, 0.4) is 0 Å². The van der Waals surface area contributed by atoms with Gasteiger partial charge in [0.1, 0.15) is 6.29 Å². The molecule has 4 rings (SSSR count). The summed E-state index contributed by atoms with van der Waals surface area (Å²) >= 11 is 0. The first-order chi connectivity index (χ1) is 6.66. The second-order valence-corrected chi connectivity index (χ2v) is 4.78. The Morgan fingerprint density at radius 1 is 1.29 bits per heavy atom. The zero-order valence-corrected chi connectivity index (χ0v) is 7.86. The third-order valence-electron chi connectivity index (χ3n) is 3.64. The first-order valence-electron chi connectivity index (χ1n) is 4.94. The van der Waals surface area contributed by atoms with Crippen molar-refractivity contribution >= 4 is 6.29 Å². The standard InChI is InChI=1S/C12H12O2/c13-5-9-2-1-3-10(4-9)11-6-12(14,7-11)8-11/h1-5,14H,6-8H2. The van der Waals surface area contributed by atoms with E-state index in [1.165, 1.54) is 5.56 Å². The molecule has 0 aromatic heterocycles. The van der Waals surface area contributed by atoms with Crippen LogP contribution in [-0.2, 0) is 5.41 Å². The molecule has 0 aliphatic heterocycles. The van der Waals surface area contributed by atoms with Gasteiger partial charge in [0.05, 0.1) is 5.60 Å². The Labute approximate surface area is 82.6 Å². The quantitative estimate of drug-likeness (QED) is 0.717. The number of carbonyl (C=O) groups excluding carboxylic acids is 1. The van der Waals surface area contributed by atoms with E-state index in [2.05, 4.69) is 6.07 Å². The van der Waals surface area contributed by atoms with Gasteiger partial charge < -0.3 is 5.11 Å². The minimum Gasteiger partial charge on any atom is -0.390 e. The van der Waals surface area contributed by atoms with Crippen molar-refractivity contribution in [1.29, 1.82) is 0 Å². The van der Waals surface area contributed by atoms with E-state index in [1.54, 1.807) is 0 Å². The Balaban J connectivity index is 1.94. The Kier molecular flexibility index (Phi) is 1.32. The average Bonchev–Trinajstić information content (AvgIpc) is 2.12. The number of hydrogen-bond acceptors (Lipinski definition) is 2. The summed E-state index contributed by atoms with van der Waals surface area (Å²) in [4.78, 5) is 10.6. The van der Waals surface area contributed by atoms with E-state index < -0.39 is 0 Å². The molecule has 0 amide bonds. The number of rotatable bonds is 2. The highest BCUT2D eigenvalue weighted by Crippen LogP contribution is 2.67. The largest absolute Gasteiger partial charge is 0.390 e. The first-order valence-corrected chi connectivity index (χ1v) is 4.94. The normalized spacial score (nSPS) is 38.4. The molecule has 2 bridgehead atoms. The SMILES string of the molecule is O=Cc1cccc(C23CC(O)(C2)C3)c1. The van der Waals surface area contributed by atoms with Crippen molar-refractivity contribution in [3.05, 3.63) is 35.4 Å². The van der Waals surface area contributed by atoms with Crippen LogP contribution in [0, 0.1) is 0 Å².